The molecule has 4 nitrogen and oxygen atoms in total. The highest BCUT2D eigenvalue weighted by molar-refractivity contribution is 5.97. The normalized spacial score (nSPS) is 12.0. The molecule has 0 spiro atoms. The van der Waals surface area contributed by atoms with Gasteiger partial charge < -0.3 is 15.1 Å². The van der Waals surface area contributed by atoms with Gasteiger partial charge in [0, 0.05) is 7.05 Å². The van der Waals surface area contributed by atoms with Crippen LogP contribution in [0.1, 0.15) is 34.5 Å². The summed E-state index contributed by atoms with van der Waals surface area (Å²) >= 11 is 0. The Kier molecular flexibility index (Phi) is 4.17. The van der Waals surface area contributed by atoms with Crippen molar-refractivity contribution in [3.8, 4) is 11.5 Å². The van der Waals surface area contributed by atoms with Gasteiger partial charge in [0.05, 0.1) is 11.6 Å². The molecule has 1 atom stereocenters. The first kappa shape index (κ1) is 14.9. The smallest absolute Gasteiger partial charge is 0.257 e. The molecule has 2 aromatic carbocycles. The van der Waals surface area contributed by atoms with E-state index in [1.165, 1.54) is 0 Å². The van der Waals surface area contributed by atoms with Crippen LogP contribution < -0.4 is 0 Å². The van der Waals surface area contributed by atoms with Gasteiger partial charge in [-0.15, -0.1) is 0 Å². The second kappa shape index (κ2) is 5.87. The molecule has 1 amide bonds. The molecule has 21 heavy (non-hydrogen) atoms. The van der Waals surface area contributed by atoms with Crippen LogP contribution >= 0.6 is 0 Å². The molecule has 0 fully saturated rings. The minimum absolute atomic E-state index is 0.00949. The minimum atomic E-state index is -0.243. The second-order valence-electron chi connectivity index (χ2n) is 5.20. The van der Waals surface area contributed by atoms with Crippen molar-refractivity contribution >= 4 is 5.91 Å². The van der Waals surface area contributed by atoms with Crippen molar-refractivity contribution in [2.75, 3.05) is 7.05 Å². The Labute approximate surface area is 124 Å². The summed E-state index contributed by atoms with van der Waals surface area (Å²) in [5.74, 6) is -0.0612. The molecule has 0 bridgehead atoms. The van der Waals surface area contributed by atoms with Crippen LogP contribution in [0.4, 0.5) is 0 Å². The van der Waals surface area contributed by atoms with Gasteiger partial charge in [0.2, 0.25) is 0 Å². The number of rotatable bonds is 3. The fourth-order valence-electron chi connectivity index (χ4n) is 2.16. The molecular formula is C17H19NO3. The van der Waals surface area contributed by atoms with Crippen molar-refractivity contribution in [3.05, 3.63) is 59.2 Å². The van der Waals surface area contributed by atoms with Gasteiger partial charge >= 0.3 is 0 Å². The van der Waals surface area contributed by atoms with Gasteiger partial charge in [-0.05, 0) is 49.2 Å². The number of amides is 1. The van der Waals surface area contributed by atoms with E-state index in [1.54, 1.807) is 54.4 Å². The van der Waals surface area contributed by atoms with Crippen LogP contribution in [-0.2, 0) is 0 Å². The summed E-state index contributed by atoms with van der Waals surface area (Å²) in [4.78, 5) is 14.0. The fraction of sp³-hybridized carbons (Fsp3) is 0.235. The maximum Gasteiger partial charge on any atom is 0.257 e. The first-order valence-corrected chi connectivity index (χ1v) is 6.76. The van der Waals surface area contributed by atoms with Gasteiger partial charge in [-0.2, -0.15) is 0 Å². The Bertz CT molecular complexity index is 650. The molecule has 0 radical (unpaired) electrons. The van der Waals surface area contributed by atoms with Crippen LogP contribution in [0.15, 0.2) is 42.5 Å². The molecule has 0 saturated heterocycles. The molecule has 110 valence electrons. The van der Waals surface area contributed by atoms with Crippen molar-refractivity contribution in [3.63, 3.8) is 0 Å². The van der Waals surface area contributed by atoms with Crippen LogP contribution in [0.2, 0.25) is 0 Å². The third-order valence-electron chi connectivity index (χ3n) is 3.66. The van der Waals surface area contributed by atoms with E-state index in [9.17, 15) is 15.0 Å². The summed E-state index contributed by atoms with van der Waals surface area (Å²) in [5, 5.41) is 19.2. The van der Waals surface area contributed by atoms with E-state index in [0.717, 1.165) is 11.1 Å². The SMILES string of the molecule is Cc1ccc(C(=O)N(C)C(C)c2ccc(O)cc2)c(O)c1. The van der Waals surface area contributed by atoms with Crippen molar-refractivity contribution in [2.45, 2.75) is 19.9 Å². The summed E-state index contributed by atoms with van der Waals surface area (Å²) < 4.78 is 0. The number of hydrogen-bond acceptors (Lipinski definition) is 3. The highest BCUT2D eigenvalue weighted by atomic mass is 16.3. The van der Waals surface area contributed by atoms with Gasteiger partial charge in [0.15, 0.2) is 0 Å². The predicted molar refractivity (Wildman–Crippen MR) is 81.5 cm³/mol. The molecule has 4 heteroatoms. The number of hydrogen-bond donors (Lipinski definition) is 2. The zero-order valence-corrected chi connectivity index (χ0v) is 12.4. The number of carbonyl (C=O) groups excluding carboxylic acids is 1. The van der Waals surface area contributed by atoms with Crippen LogP contribution in [-0.4, -0.2) is 28.1 Å². The van der Waals surface area contributed by atoms with Crippen molar-refractivity contribution < 1.29 is 15.0 Å². The van der Waals surface area contributed by atoms with Crippen LogP contribution in [0, 0.1) is 6.92 Å². The van der Waals surface area contributed by atoms with Crippen LogP contribution in [0.25, 0.3) is 0 Å². The maximum atomic E-state index is 12.5. The van der Waals surface area contributed by atoms with Gasteiger partial charge in [0.1, 0.15) is 11.5 Å². The Hall–Kier alpha value is -2.49. The largest absolute Gasteiger partial charge is 0.508 e. The van der Waals surface area contributed by atoms with E-state index in [1.807, 2.05) is 13.8 Å². The van der Waals surface area contributed by atoms with Gasteiger partial charge in [-0.25, -0.2) is 0 Å². The van der Waals surface area contributed by atoms with Crippen LogP contribution in [0.5, 0.6) is 11.5 Å². The van der Waals surface area contributed by atoms with Crippen molar-refractivity contribution in [1.82, 2.24) is 4.90 Å². The Morgan fingerprint density at radius 3 is 2.29 bits per heavy atom. The zero-order valence-electron chi connectivity index (χ0n) is 12.4. The molecule has 0 aliphatic rings. The number of aryl methyl sites for hydroxylation is 1. The van der Waals surface area contributed by atoms with Crippen molar-refractivity contribution in [2.24, 2.45) is 0 Å². The zero-order chi connectivity index (χ0) is 15.6. The summed E-state index contributed by atoms with van der Waals surface area (Å²) in [7, 11) is 1.69. The molecule has 0 aliphatic carbocycles. The number of carbonyl (C=O) groups is 1. The number of phenolic OH excluding ortho intramolecular Hbond substituents is 2. The summed E-state index contributed by atoms with van der Waals surface area (Å²) in [6.45, 7) is 3.76. The van der Waals surface area contributed by atoms with E-state index in [0.29, 0.717) is 0 Å². The highest BCUT2D eigenvalue weighted by Gasteiger charge is 2.21. The topological polar surface area (TPSA) is 60.8 Å². The van der Waals surface area contributed by atoms with E-state index in [2.05, 4.69) is 0 Å². The summed E-state index contributed by atoms with van der Waals surface area (Å²) in [6, 6.07) is 11.6. The molecule has 0 heterocycles. The van der Waals surface area contributed by atoms with Gasteiger partial charge in [-0.1, -0.05) is 18.2 Å². The molecule has 1 unspecified atom stereocenters. The maximum absolute atomic E-state index is 12.5. The number of phenols is 2. The third-order valence-corrected chi connectivity index (χ3v) is 3.66. The Morgan fingerprint density at radius 2 is 1.71 bits per heavy atom. The number of nitrogens with zero attached hydrogens (tertiary/aromatic N) is 1. The number of benzene rings is 2. The van der Waals surface area contributed by atoms with Crippen LogP contribution in [0.3, 0.4) is 0 Å². The van der Waals surface area contributed by atoms with Gasteiger partial charge in [-0.3, -0.25) is 4.79 Å². The summed E-state index contributed by atoms with van der Waals surface area (Å²) in [6.07, 6.45) is 0. The lowest BCUT2D eigenvalue weighted by atomic mass is 10.0. The van der Waals surface area contributed by atoms with E-state index in [4.69, 9.17) is 0 Å². The Balaban J connectivity index is 2.24. The summed E-state index contributed by atoms with van der Waals surface area (Å²) in [5.41, 5.74) is 2.10. The number of aromatic hydroxyl groups is 2. The first-order chi connectivity index (χ1) is 9.90. The second-order valence-corrected chi connectivity index (χ2v) is 5.20. The Morgan fingerprint density at radius 1 is 1.10 bits per heavy atom. The minimum Gasteiger partial charge on any atom is -0.508 e. The van der Waals surface area contributed by atoms with Gasteiger partial charge in [0.25, 0.3) is 5.91 Å². The highest BCUT2D eigenvalue weighted by Crippen LogP contribution is 2.26. The van der Waals surface area contributed by atoms with E-state index >= 15 is 0 Å². The lowest BCUT2D eigenvalue weighted by molar-refractivity contribution is 0.0739. The lowest BCUT2D eigenvalue weighted by Crippen LogP contribution is -2.29. The molecule has 0 saturated carbocycles. The molecule has 0 aromatic heterocycles. The molecular weight excluding hydrogens is 266 g/mol. The molecule has 0 aliphatic heterocycles. The van der Waals surface area contributed by atoms with E-state index in [-0.39, 0.29) is 29.0 Å². The molecule has 2 aromatic rings. The van der Waals surface area contributed by atoms with Crippen molar-refractivity contribution in [1.29, 1.82) is 0 Å². The first-order valence-electron chi connectivity index (χ1n) is 6.76. The fourth-order valence-corrected chi connectivity index (χ4v) is 2.16. The lowest BCUT2D eigenvalue weighted by Gasteiger charge is -2.25. The van der Waals surface area contributed by atoms with E-state index < -0.39 is 0 Å². The average Bonchev–Trinajstić information content (AvgIpc) is 2.46. The predicted octanol–water partition coefficient (Wildman–Crippen LogP) is 3.24. The third kappa shape index (κ3) is 3.16. The average molecular weight is 285 g/mol. The quantitative estimate of drug-likeness (QED) is 0.910. The standard InChI is InChI=1S/C17H19NO3/c1-11-4-9-15(16(20)10-11)17(21)18(3)12(2)13-5-7-14(19)8-6-13/h4-10,12,19-20H,1-3H3. The molecule has 2 rings (SSSR count). The monoisotopic (exact) mass is 285 g/mol. The molecule has 2 N–H and O–H groups in total.